The summed E-state index contributed by atoms with van der Waals surface area (Å²) in [6, 6.07) is 0.755. The van der Waals surface area contributed by atoms with Crippen molar-refractivity contribution in [3.63, 3.8) is 0 Å². The van der Waals surface area contributed by atoms with Gasteiger partial charge in [-0.3, -0.25) is 9.36 Å². The summed E-state index contributed by atoms with van der Waals surface area (Å²) < 4.78 is 41.1. The maximum atomic E-state index is 12.7. The van der Waals surface area contributed by atoms with Gasteiger partial charge in [0.1, 0.15) is 0 Å². The van der Waals surface area contributed by atoms with Gasteiger partial charge in [-0.25, -0.2) is 4.79 Å². The largest absolute Gasteiger partial charge is 0.435 e. The first kappa shape index (κ1) is 19.2. The van der Waals surface area contributed by atoms with Crippen LogP contribution in [0.2, 0.25) is 0 Å². The molecule has 1 fully saturated rings. The Kier molecular flexibility index (Phi) is 5.43. The number of piperidine rings is 1. The molecule has 0 spiro atoms. The Bertz CT molecular complexity index is 797. The van der Waals surface area contributed by atoms with Crippen molar-refractivity contribution in [1.82, 2.24) is 29.8 Å². The molecule has 1 aliphatic heterocycles. The summed E-state index contributed by atoms with van der Waals surface area (Å²) in [5.74, 6) is 0. The maximum Gasteiger partial charge on any atom is 0.435 e. The Hall–Kier alpha value is -2.52. The highest BCUT2D eigenvalue weighted by atomic mass is 19.4. The highest BCUT2D eigenvalue weighted by molar-refractivity contribution is 5.74. The van der Waals surface area contributed by atoms with Crippen LogP contribution < -0.4 is 5.32 Å². The zero-order chi connectivity index (χ0) is 19.6. The second-order valence-electron chi connectivity index (χ2n) is 6.78. The summed E-state index contributed by atoms with van der Waals surface area (Å²) in [5, 5.41) is 10.5. The molecule has 1 unspecified atom stereocenters. The van der Waals surface area contributed by atoms with E-state index in [4.69, 9.17) is 0 Å². The number of aromatic nitrogens is 4. The number of likely N-dealkylation sites (tertiary alicyclic amines) is 1. The van der Waals surface area contributed by atoms with E-state index >= 15 is 0 Å². The molecular formula is C17H23F3N6O. The number of rotatable bonds is 4. The van der Waals surface area contributed by atoms with E-state index in [0.29, 0.717) is 12.2 Å². The van der Waals surface area contributed by atoms with E-state index in [2.05, 4.69) is 15.5 Å². The first-order valence-electron chi connectivity index (χ1n) is 8.90. The number of halogens is 3. The minimum atomic E-state index is -4.47. The molecular weight excluding hydrogens is 361 g/mol. The fourth-order valence-corrected chi connectivity index (χ4v) is 3.38. The molecule has 27 heavy (non-hydrogen) atoms. The third kappa shape index (κ3) is 4.42. The van der Waals surface area contributed by atoms with E-state index in [0.717, 1.165) is 30.9 Å². The molecule has 0 aromatic carbocycles. The molecule has 0 aliphatic carbocycles. The molecule has 3 rings (SSSR count). The van der Waals surface area contributed by atoms with Gasteiger partial charge in [-0.05, 0) is 32.3 Å². The number of hydrogen-bond acceptors (Lipinski definition) is 3. The van der Waals surface area contributed by atoms with Crippen LogP contribution >= 0.6 is 0 Å². The van der Waals surface area contributed by atoms with Gasteiger partial charge in [0.15, 0.2) is 5.69 Å². The zero-order valence-electron chi connectivity index (χ0n) is 15.3. The molecule has 3 heterocycles. The van der Waals surface area contributed by atoms with Crippen LogP contribution in [0.4, 0.5) is 18.0 Å². The van der Waals surface area contributed by atoms with E-state index in [9.17, 15) is 18.0 Å². The Morgan fingerprint density at radius 2 is 2.15 bits per heavy atom. The van der Waals surface area contributed by atoms with Crippen LogP contribution in [0.15, 0.2) is 18.5 Å². The maximum absolute atomic E-state index is 12.7. The molecule has 7 nitrogen and oxygen atoms in total. The number of nitrogens with one attached hydrogen (secondary N) is 1. The lowest BCUT2D eigenvalue weighted by Crippen LogP contribution is -2.45. The standard InChI is InChI=1S/C17H23F3N6O/c1-12-9-15(17(18,19)20)23-26(12)8-6-21-16(27)25-7-4-3-5-14(25)13-10-22-24(2)11-13/h9-11,14H,3-8H2,1-2H3,(H,21,27). The lowest BCUT2D eigenvalue weighted by molar-refractivity contribution is -0.141. The molecule has 148 valence electrons. The molecule has 1 aliphatic rings. The number of hydrogen-bond donors (Lipinski definition) is 1. The number of carbonyl (C=O) groups excluding carboxylic acids is 1. The van der Waals surface area contributed by atoms with E-state index in [-0.39, 0.29) is 25.2 Å². The van der Waals surface area contributed by atoms with Crippen molar-refractivity contribution in [3.8, 4) is 0 Å². The van der Waals surface area contributed by atoms with Crippen LogP contribution in [0.25, 0.3) is 0 Å². The van der Waals surface area contributed by atoms with Crippen molar-refractivity contribution in [2.75, 3.05) is 13.1 Å². The lowest BCUT2D eigenvalue weighted by atomic mass is 9.98. The predicted octanol–water partition coefficient (Wildman–Crippen LogP) is 2.88. The smallest absolute Gasteiger partial charge is 0.336 e. The van der Waals surface area contributed by atoms with Gasteiger partial charge in [-0.15, -0.1) is 0 Å². The van der Waals surface area contributed by atoms with Crippen molar-refractivity contribution in [2.24, 2.45) is 7.05 Å². The molecule has 0 saturated carbocycles. The molecule has 0 radical (unpaired) electrons. The third-order valence-electron chi connectivity index (χ3n) is 4.74. The highest BCUT2D eigenvalue weighted by Gasteiger charge is 2.34. The van der Waals surface area contributed by atoms with Crippen molar-refractivity contribution >= 4 is 6.03 Å². The van der Waals surface area contributed by atoms with Gasteiger partial charge in [0.25, 0.3) is 0 Å². The number of urea groups is 1. The fraction of sp³-hybridized carbons (Fsp3) is 0.588. The molecule has 1 saturated heterocycles. The van der Waals surface area contributed by atoms with Crippen molar-refractivity contribution < 1.29 is 18.0 Å². The molecule has 1 atom stereocenters. The summed E-state index contributed by atoms with van der Waals surface area (Å²) in [5.41, 5.74) is 0.479. The van der Waals surface area contributed by atoms with E-state index in [1.165, 1.54) is 4.68 Å². The van der Waals surface area contributed by atoms with Crippen LogP contribution in [0, 0.1) is 6.92 Å². The Morgan fingerprint density at radius 1 is 1.37 bits per heavy atom. The minimum Gasteiger partial charge on any atom is -0.336 e. The predicted molar refractivity (Wildman–Crippen MR) is 91.9 cm³/mol. The molecule has 1 N–H and O–H groups in total. The Labute approximate surface area is 155 Å². The molecule has 10 heteroatoms. The highest BCUT2D eigenvalue weighted by Crippen LogP contribution is 2.30. The van der Waals surface area contributed by atoms with Crippen molar-refractivity contribution in [2.45, 2.75) is 44.9 Å². The van der Waals surface area contributed by atoms with Gasteiger partial charge in [0.2, 0.25) is 0 Å². The van der Waals surface area contributed by atoms with Crippen LogP contribution in [0.3, 0.4) is 0 Å². The molecule has 2 aromatic rings. The van der Waals surface area contributed by atoms with Gasteiger partial charge in [0.05, 0.1) is 18.8 Å². The number of nitrogens with zero attached hydrogens (tertiary/aromatic N) is 5. The summed E-state index contributed by atoms with van der Waals surface area (Å²) in [7, 11) is 1.83. The van der Waals surface area contributed by atoms with Gasteiger partial charge in [-0.2, -0.15) is 23.4 Å². The van der Waals surface area contributed by atoms with E-state index in [1.54, 1.807) is 22.7 Å². The topological polar surface area (TPSA) is 68.0 Å². The van der Waals surface area contributed by atoms with E-state index in [1.807, 2.05) is 13.2 Å². The van der Waals surface area contributed by atoms with Crippen LogP contribution in [0.1, 0.15) is 42.3 Å². The quantitative estimate of drug-likeness (QED) is 0.881. The molecule has 2 amide bonds. The summed E-state index contributed by atoms with van der Waals surface area (Å²) in [6.07, 6.45) is 2.04. The van der Waals surface area contributed by atoms with Crippen LogP contribution in [0.5, 0.6) is 0 Å². The summed E-state index contributed by atoms with van der Waals surface area (Å²) in [6.45, 7) is 2.59. The number of amides is 2. The second kappa shape index (κ2) is 7.61. The number of carbonyl (C=O) groups is 1. The first-order chi connectivity index (χ1) is 12.8. The average Bonchev–Trinajstić information content (AvgIpc) is 3.21. The second-order valence-corrected chi connectivity index (χ2v) is 6.78. The van der Waals surface area contributed by atoms with Crippen molar-refractivity contribution in [1.29, 1.82) is 0 Å². The lowest BCUT2D eigenvalue weighted by Gasteiger charge is -2.35. The summed E-state index contributed by atoms with van der Waals surface area (Å²) in [4.78, 5) is 14.4. The first-order valence-corrected chi connectivity index (χ1v) is 8.90. The van der Waals surface area contributed by atoms with Gasteiger partial charge in [0, 0.05) is 37.6 Å². The van der Waals surface area contributed by atoms with Crippen LogP contribution in [-0.4, -0.2) is 43.6 Å². The van der Waals surface area contributed by atoms with Crippen molar-refractivity contribution in [3.05, 3.63) is 35.4 Å². The van der Waals surface area contributed by atoms with E-state index < -0.39 is 11.9 Å². The number of alkyl halides is 3. The monoisotopic (exact) mass is 384 g/mol. The molecule has 0 bridgehead atoms. The Balaban J connectivity index is 1.59. The SMILES string of the molecule is Cc1cc(C(F)(F)F)nn1CCNC(=O)N1CCCCC1c1cnn(C)c1. The van der Waals surface area contributed by atoms with Crippen LogP contribution in [-0.2, 0) is 19.8 Å². The normalized spacial score (nSPS) is 18.0. The molecule has 2 aromatic heterocycles. The third-order valence-corrected chi connectivity index (χ3v) is 4.74. The average molecular weight is 384 g/mol. The fourth-order valence-electron chi connectivity index (χ4n) is 3.38. The van der Waals surface area contributed by atoms with Gasteiger partial charge < -0.3 is 10.2 Å². The van der Waals surface area contributed by atoms with Gasteiger partial charge >= 0.3 is 12.2 Å². The summed E-state index contributed by atoms with van der Waals surface area (Å²) >= 11 is 0. The Morgan fingerprint density at radius 3 is 2.78 bits per heavy atom. The minimum absolute atomic E-state index is 0.0317. The van der Waals surface area contributed by atoms with Gasteiger partial charge in [-0.1, -0.05) is 0 Å². The number of aryl methyl sites for hydroxylation is 2. The zero-order valence-corrected chi connectivity index (χ0v) is 15.3.